The molecule has 0 aliphatic rings. The monoisotopic (exact) mass is 315 g/mol. The van der Waals surface area contributed by atoms with E-state index in [0.29, 0.717) is 22.2 Å². The molecule has 116 valence electrons. The molecule has 0 saturated heterocycles. The van der Waals surface area contributed by atoms with Gasteiger partial charge in [0.1, 0.15) is 5.75 Å². The first-order chi connectivity index (χ1) is 11.6. The Bertz CT molecular complexity index is 1100. The maximum absolute atomic E-state index is 11.7. The van der Waals surface area contributed by atoms with Crippen molar-refractivity contribution >= 4 is 27.6 Å². The van der Waals surface area contributed by atoms with Crippen molar-refractivity contribution in [2.24, 2.45) is 0 Å². The van der Waals surface area contributed by atoms with Gasteiger partial charge in [0, 0.05) is 16.3 Å². The second kappa shape index (κ2) is 5.35. The Kier molecular flexibility index (Phi) is 3.17. The van der Waals surface area contributed by atoms with Crippen LogP contribution in [0.4, 0.5) is 0 Å². The van der Waals surface area contributed by atoms with E-state index in [1.165, 1.54) is 6.07 Å². The highest BCUT2D eigenvalue weighted by Crippen LogP contribution is 2.33. The summed E-state index contributed by atoms with van der Waals surface area (Å²) in [7, 11) is 0. The predicted molar refractivity (Wildman–Crippen MR) is 93.3 cm³/mol. The summed E-state index contributed by atoms with van der Waals surface area (Å²) in [4.78, 5) is 16.4. The molecule has 0 aliphatic carbocycles. The van der Waals surface area contributed by atoms with Gasteiger partial charge in [0.05, 0.1) is 16.8 Å². The van der Waals surface area contributed by atoms with E-state index in [1.807, 2.05) is 30.3 Å². The molecule has 4 aromatic rings. The quantitative estimate of drug-likeness (QED) is 0.536. The number of hydrogen-bond donors (Lipinski definition) is 2. The lowest BCUT2D eigenvalue weighted by Crippen LogP contribution is -2.00. The molecule has 0 saturated carbocycles. The van der Waals surface area contributed by atoms with Crippen LogP contribution < -0.4 is 0 Å². The SMILES string of the molecule is O=C(O)c1cc(-c2ccccc2O)nc2c1ccc1ccccc12. The molecule has 2 N–H and O–H groups in total. The average molecular weight is 315 g/mol. The van der Waals surface area contributed by atoms with Gasteiger partial charge < -0.3 is 10.2 Å². The van der Waals surface area contributed by atoms with Crippen LogP contribution in [0.3, 0.4) is 0 Å². The molecule has 1 aromatic heterocycles. The number of phenols is 1. The molecule has 0 atom stereocenters. The Morgan fingerprint density at radius 2 is 1.62 bits per heavy atom. The Labute approximate surface area is 137 Å². The normalized spacial score (nSPS) is 11.0. The van der Waals surface area contributed by atoms with Crippen molar-refractivity contribution < 1.29 is 15.0 Å². The number of rotatable bonds is 2. The largest absolute Gasteiger partial charge is 0.507 e. The summed E-state index contributed by atoms with van der Waals surface area (Å²) in [5.74, 6) is -0.949. The van der Waals surface area contributed by atoms with Gasteiger partial charge in [0.2, 0.25) is 0 Å². The fourth-order valence-electron chi connectivity index (χ4n) is 2.97. The van der Waals surface area contributed by atoms with Crippen molar-refractivity contribution in [3.8, 4) is 17.0 Å². The third-order valence-corrected chi connectivity index (χ3v) is 4.11. The lowest BCUT2D eigenvalue weighted by Gasteiger charge is -2.10. The van der Waals surface area contributed by atoms with Crippen LogP contribution in [-0.4, -0.2) is 21.2 Å². The van der Waals surface area contributed by atoms with Crippen molar-refractivity contribution in [1.82, 2.24) is 4.98 Å². The Balaban J connectivity index is 2.15. The summed E-state index contributed by atoms with van der Waals surface area (Å²) in [6, 6.07) is 19.7. The zero-order valence-electron chi connectivity index (χ0n) is 12.6. The predicted octanol–water partition coefficient (Wildman–Crippen LogP) is 4.46. The molecule has 3 aromatic carbocycles. The molecule has 4 rings (SSSR count). The molecule has 0 radical (unpaired) electrons. The number of pyridine rings is 1. The van der Waals surface area contributed by atoms with E-state index in [2.05, 4.69) is 4.98 Å². The summed E-state index contributed by atoms with van der Waals surface area (Å²) in [5.41, 5.74) is 1.74. The number of aromatic hydroxyl groups is 1. The van der Waals surface area contributed by atoms with Crippen LogP contribution in [-0.2, 0) is 0 Å². The molecular formula is C20H13NO3. The minimum absolute atomic E-state index is 0.0703. The lowest BCUT2D eigenvalue weighted by atomic mass is 10.00. The Morgan fingerprint density at radius 3 is 2.42 bits per heavy atom. The third kappa shape index (κ3) is 2.16. The fourth-order valence-corrected chi connectivity index (χ4v) is 2.97. The van der Waals surface area contributed by atoms with Crippen LogP contribution in [0.25, 0.3) is 32.9 Å². The van der Waals surface area contributed by atoms with E-state index in [9.17, 15) is 15.0 Å². The number of para-hydroxylation sites is 1. The zero-order valence-corrected chi connectivity index (χ0v) is 12.6. The smallest absolute Gasteiger partial charge is 0.336 e. The fraction of sp³-hybridized carbons (Fsp3) is 0. The number of carboxylic acid groups (broad SMARTS) is 1. The van der Waals surface area contributed by atoms with E-state index in [0.717, 1.165) is 10.8 Å². The lowest BCUT2D eigenvalue weighted by molar-refractivity contribution is 0.0699. The van der Waals surface area contributed by atoms with Crippen molar-refractivity contribution in [2.75, 3.05) is 0 Å². The van der Waals surface area contributed by atoms with E-state index >= 15 is 0 Å². The molecule has 0 fully saturated rings. The molecule has 0 bridgehead atoms. The second-order valence-corrected chi connectivity index (χ2v) is 5.56. The van der Waals surface area contributed by atoms with Crippen molar-refractivity contribution in [3.05, 3.63) is 72.3 Å². The topological polar surface area (TPSA) is 70.4 Å². The minimum Gasteiger partial charge on any atom is -0.507 e. The van der Waals surface area contributed by atoms with Gasteiger partial charge in [0.25, 0.3) is 0 Å². The van der Waals surface area contributed by atoms with Crippen LogP contribution >= 0.6 is 0 Å². The van der Waals surface area contributed by atoms with Gasteiger partial charge in [-0.1, -0.05) is 48.5 Å². The van der Waals surface area contributed by atoms with Gasteiger partial charge in [-0.15, -0.1) is 0 Å². The van der Waals surface area contributed by atoms with Gasteiger partial charge in [-0.2, -0.15) is 0 Å². The van der Waals surface area contributed by atoms with Crippen LogP contribution in [0.1, 0.15) is 10.4 Å². The number of aromatic carboxylic acids is 1. The summed E-state index contributed by atoms with van der Waals surface area (Å²) >= 11 is 0. The van der Waals surface area contributed by atoms with E-state index in [4.69, 9.17) is 0 Å². The van der Waals surface area contributed by atoms with Gasteiger partial charge in [-0.25, -0.2) is 9.78 Å². The number of nitrogens with zero attached hydrogens (tertiary/aromatic N) is 1. The first kappa shape index (κ1) is 14.2. The number of hydrogen-bond acceptors (Lipinski definition) is 3. The molecule has 0 spiro atoms. The molecule has 1 heterocycles. The maximum atomic E-state index is 11.7. The van der Waals surface area contributed by atoms with Gasteiger partial charge in [0.15, 0.2) is 0 Å². The number of phenolic OH excluding ortho intramolecular Hbond substituents is 1. The van der Waals surface area contributed by atoms with Gasteiger partial charge in [-0.05, 0) is 23.6 Å². The van der Waals surface area contributed by atoms with Crippen LogP contribution in [0.15, 0.2) is 66.7 Å². The van der Waals surface area contributed by atoms with Gasteiger partial charge in [-0.3, -0.25) is 0 Å². The van der Waals surface area contributed by atoms with Crippen molar-refractivity contribution in [1.29, 1.82) is 0 Å². The molecule has 0 amide bonds. The molecule has 4 nitrogen and oxygen atoms in total. The Hall–Kier alpha value is -3.40. The number of carboxylic acids is 1. The maximum Gasteiger partial charge on any atom is 0.336 e. The first-order valence-corrected chi connectivity index (χ1v) is 7.49. The number of benzene rings is 3. The summed E-state index contributed by atoms with van der Waals surface area (Å²) in [6.07, 6.45) is 0. The third-order valence-electron chi connectivity index (χ3n) is 4.11. The first-order valence-electron chi connectivity index (χ1n) is 7.49. The number of aromatic nitrogens is 1. The molecular weight excluding hydrogens is 302 g/mol. The van der Waals surface area contributed by atoms with Crippen LogP contribution in [0.2, 0.25) is 0 Å². The summed E-state index contributed by atoms with van der Waals surface area (Å²) in [5, 5.41) is 22.2. The van der Waals surface area contributed by atoms with Crippen molar-refractivity contribution in [3.63, 3.8) is 0 Å². The Morgan fingerprint density at radius 1 is 0.875 bits per heavy atom. The van der Waals surface area contributed by atoms with Crippen molar-refractivity contribution in [2.45, 2.75) is 0 Å². The number of fused-ring (bicyclic) bond motifs is 3. The van der Waals surface area contributed by atoms with Crippen LogP contribution in [0.5, 0.6) is 5.75 Å². The van der Waals surface area contributed by atoms with Crippen LogP contribution in [0, 0.1) is 0 Å². The highest BCUT2D eigenvalue weighted by Gasteiger charge is 2.16. The summed E-state index contributed by atoms with van der Waals surface area (Å²) < 4.78 is 0. The molecule has 24 heavy (non-hydrogen) atoms. The highest BCUT2D eigenvalue weighted by atomic mass is 16.4. The standard InChI is InChI=1S/C20H13NO3/c22-18-8-4-3-7-15(18)17-11-16(20(23)24)14-10-9-12-5-1-2-6-13(12)19(14)21-17/h1-11,22H,(H,23,24). The summed E-state index contributed by atoms with van der Waals surface area (Å²) in [6.45, 7) is 0. The minimum atomic E-state index is -1.02. The van der Waals surface area contributed by atoms with Gasteiger partial charge >= 0.3 is 5.97 Å². The second-order valence-electron chi connectivity index (χ2n) is 5.56. The number of carbonyl (C=O) groups is 1. The molecule has 0 aliphatic heterocycles. The van der Waals surface area contributed by atoms with E-state index < -0.39 is 5.97 Å². The molecule has 0 unspecified atom stereocenters. The zero-order chi connectivity index (χ0) is 16.7. The van der Waals surface area contributed by atoms with E-state index in [-0.39, 0.29) is 11.3 Å². The van der Waals surface area contributed by atoms with E-state index in [1.54, 1.807) is 30.3 Å². The average Bonchev–Trinajstić information content (AvgIpc) is 2.61. The highest BCUT2D eigenvalue weighted by molar-refractivity contribution is 6.12. The molecule has 4 heteroatoms.